The van der Waals surface area contributed by atoms with Crippen molar-refractivity contribution < 1.29 is 0 Å². The van der Waals surface area contributed by atoms with Gasteiger partial charge >= 0.3 is 0 Å². The number of hydrogen-bond acceptors (Lipinski definition) is 3. The molecule has 2 aliphatic heterocycles. The number of nitrogens with two attached hydrogens (primary N) is 1. The van der Waals surface area contributed by atoms with E-state index in [-0.39, 0.29) is 6.04 Å². The second-order valence-electron chi connectivity index (χ2n) is 7.00. The molecule has 2 heterocycles. The zero-order chi connectivity index (χ0) is 14.6. The van der Waals surface area contributed by atoms with Crippen LogP contribution in [-0.4, -0.2) is 36.1 Å². The van der Waals surface area contributed by atoms with Crippen molar-refractivity contribution in [2.75, 3.05) is 18.4 Å². The third kappa shape index (κ3) is 1.95. The van der Waals surface area contributed by atoms with Gasteiger partial charge in [0.1, 0.15) is 0 Å². The zero-order valence-electron chi connectivity index (χ0n) is 12.8. The molecule has 3 aliphatic rings. The van der Waals surface area contributed by atoms with Crippen molar-refractivity contribution in [2.24, 2.45) is 5.73 Å². The lowest BCUT2D eigenvalue weighted by molar-refractivity contribution is 0.104. The van der Waals surface area contributed by atoms with E-state index < -0.39 is 0 Å². The molecule has 5 atom stereocenters. The lowest BCUT2D eigenvalue weighted by Crippen LogP contribution is -2.54. The maximum atomic E-state index is 6.34. The van der Waals surface area contributed by atoms with Crippen LogP contribution < -0.4 is 11.1 Å². The molecular weight excluding hydrogens is 258 g/mol. The lowest BCUT2D eigenvalue weighted by Gasteiger charge is -2.48. The van der Waals surface area contributed by atoms with E-state index in [0.717, 1.165) is 19.5 Å². The summed E-state index contributed by atoms with van der Waals surface area (Å²) in [5.41, 5.74) is 10.8. The van der Waals surface area contributed by atoms with E-state index in [1.54, 1.807) is 11.1 Å². The molecule has 3 N–H and O–H groups in total. The fraction of sp³-hybridized carbons (Fsp3) is 0.556. The van der Waals surface area contributed by atoms with Crippen molar-refractivity contribution in [1.29, 1.82) is 0 Å². The van der Waals surface area contributed by atoms with E-state index in [4.69, 9.17) is 5.73 Å². The Morgan fingerprint density at radius 3 is 3.05 bits per heavy atom. The van der Waals surface area contributed by atoms with Crippen LogP contribution in [0.4, 0.5) is 5.69 Å². The number of nitrogens with zero attached hydrogens (tertiary/aromatic N) is 1. The first kappa shape index (κ1) is 13.4. The van der Waals surface area contributed by atoms with Gasteiger partial charge in [-0.1, -0.05) is 18.2 Å². The number of rotatable bonds is 2. The highest BCUT2D eigenvalue weighted by Crippen LogP contribution is 2.51. The first-order valence-corrected chi connectivity index (χ1v) is 8.19. The molecule has 0 amide bonds. The van der Waals surface area contributed by atoms with Crippen LogP contribution in [0.3, 0.4) is 0 Å². The van der Waals surface area contributed by atoms with Crippen LogP contribution in [0.15, 0.2) is 30.9 Å². The molecule has 1 saturated heterocycles. The SMILES string of the molecule is C=CCN1C[C@@H](N)C[C@@H]2c3cccc4c3[C@H](C[C@H]21)C(C)N4. The summed E-state index contributed by atoms with van der Waals surface area (Å²) in [6.07, 6.45) is 4.40. The smallest absolute Gasteiger partial charge is 0.0381 e. The molecule has 1 aliphatic carbocycles. The van der Waals surface area contributed by atoms with Crippen LogP contribution in [0.25, 0.3) is 0 Å². The fourth-order valence-electron chi connectivity index (χ4n) is 4.90. The van der Waals surface area contributed by atoms with Crippen molar-refractivity contribution >= 4 is 5.69 Å². The first-order chi connectivity index (χ1) is 10.2. The van der Waals surface area contributed by atoms with Crippen molar-refractivity contribution in [3.63, 3.8) is 0 Å². The summed E-state index contributed by atoms with van der Waals surface area (Å²) in [5, 5.41) is 3.68. The van der Waals surface area contributed by atoms with Gasteiger partial charge in [-0.2, -0.15) is 0 Å². The molecule has 3 nitrogen and oxygen atoms in total. The topological polar surface area (TPSA) is 41.3 Å². The van der Waals surface area contributed by atoms with E-state index in [9.17, 15) is 0 Å². The van der Waals surface area contributed by atoms with E-state index >= 15 is 0 Å². The summed E-state index contributed by atoms with van der Waals surface area (Å²) in [7, 11) is 0. The molecule has 0 bridgehead atoms. The van der Waals surface area contributed by atoms with Gasteiger partial charge in [0.05, 0.1) is 0 Å². The number of fused-ring (bicyclic) bond motifs is 2. The molecule has 1 unspecified atom stereocenters. The molecule has 21 heavy (non-hydrogen) atoms. The second kappa shape index (κ2) is 4.85. The molecule has 0 aromatic heterocycles. The largest absolute Gasteiger partial charge is 0.382 e. The molecular formula is C18H25N3. The third-order valence-corrected chi connectivity index (χ3v) is 5.72. The van der Waals surface area contributed by atoms with Crippen molar-refractivity contribution in [3.05, 3.63) is 42.0 Å². The van der Waals surface area contributed by atoms with Crippen LogP contribution >= 0.6 is 0 Å². The Morgan fingerprint density at radius 2 is 2.24 bits per heavy atom. The van der Waals surface area contributed by atoms with Gasteiger partial charge in [-0.15, -0.1) is 6.58 Å². The minimum Gasteiger partial charge on any atom is -0.382 e. The van der Waals surface area contributed by atoms with Gasteiger partial charge in [-0.05, 0) is 37.0 Å². The summed E-state index contributed by atoms with van der Waals surface area (Å²) in [5.74, 6) is 1.24. The van der Waals surface area contributed by atoms with Crippen LogP contribution in [0.2, 0.25) is 0 Å². The Labute approximate surface area is 127 Å². The molecule has 112 valence electrons. The number of benzene rings is 1. The van der Waals surface area contributed by atoms with E-state index in [2.05, 4.69) is 41.9 Å². The Kier molecular flexibility index (Phi) is 3.09. The van der Waals surface area contributed by atoms with E-state index in [1.807, 2.05) is 6.08 Å². The number of anilines is 1. The lowest BCUT2D eigenvalue weighted by atomic mass is 9.68. The zero-order valence-corrected chi connectivity index (χ0v) is 12.8. The maximum absolute atomic E-state index is 6.34. The van der Waals surface area contributed by atoms with Crippen LogP contribution in [0, 0.1) is 0 Å². The van der Waals surface area contributed by atoms with Crippen LogP contribution in [0.5, 0.6) is 0 Å². The average molecular weight is 283 g/mol. The normalized spacial score (nSPS) is 37.5. The maximum Gasteiger partial charge on any atom is 0.0381 e. The average Bonchev–Trinajstić information content (AvgIpc) is 2.78. The van der Waals surface area contributed by atoms with Crippen molar-refractivity contribution in [3.8, 4) is 0 Å². The summed E-state index contributed by atoms with van der Waals surface area (Å²) in [6, 6.07) is 8.23. The Morgan fingerprint density at radius 1 is 1.38 bits per heavy atom. The Balaban J connectivity index is 1.78. The van der Waals surface area contributed by atoms with E-state index in [0.29, 0.717) is 23.9 Å². The second-order valence-corrected chi connectivity index (χ2v) is 7.00. The Bertz CT molecular complexity index is 568. The summed E-state index contributed by atoms with van der Waals surface area (Å²) < 4.78 is 0. The fourth-order valence-corrected chi connectivity index (χ4v) is 4.90. The summed E-state index contributed by atoms with van der Waals surface area (Å²) in [6.45, 7) is 8.22. The molecule has 4 rings (SSSR count). The van der Waals surface area contributed by atoms with Gasteiger partial charge in [0.15, 0.2) is 0 Å². The molecule has 0 spiro atoms. The molecule has 1 fully saturated rings. The van der Waals surface area contributed by atoms with Crippen molar-refractivity contribution in [2.45, 2.75) is 49.7 Å². The number of piperidine rings is 1. The number of hydrogen-bond donors (Lipinski definition) is 2. The minimum absolute atomic E-state index is 0.283. The summed E-state index contributed by atoms with van der Waals surface area (Å²) >= 11 is 0. The highest BCUT2D eigenvalue weighted by molar-refractivity contribution is 5.64. The number of nitrogens with one attached hydrogen (secondary N) is 1. The Hall–Kier alpha value is -1.32. The van der Waals surface area contributed by atoms with Gasteiger partial charge in [-0.25, -0.2) is 0 Å². The molecule has 3 heteroatoms. The standard InChI is InChI=1S/C18H25N3/c1-3-7-21-10-12(19)8-15-13-5-4-6-16-18(13)14(9-17(15)21)11(2)20-16/h3-6,11-12,14-15,17,20H,1,7-10,19H2,2H3/t11?,12-,14+,15+,17+/m0/s1. The van der Waals surface area contributed by atoms with Crippen LogP contribution in [-0.2, 0) is 0 Å². The molecule has 0 saturated carbocycles. The van der Waals surface area contributed by atoms with Gasteiger partial charge in [-0.3, -0.25) is 4.90 Å². The highest BCUT2D eigenvalue weighted by Gasteiger charge is 2.45. The molecule has 1 aromatic rings. The highest BCUT2D eigenvalue weighted by atomic mass is 15.2. The van der Waals surface area contributed by atoms with Crippen molar-refractivity contribution in [1.82, 2.24) is 4.90 Å². The molecule has 1 aromatic carbocycles. The quantitative estimate of drug-likeness (QED) is 0.820. The van der Waals surface area contributed by atoms with Gasteiger partial charge in [0.2, 0.25) is 0 Å². The van der Waals surface area contributed by atoms with Gasteiger partial charge < -0.3 is 11.1 Å². The first-order valence-electron chi connectivity index (χ1n) is 8.19. The summed E-state index contributed by atoms with van der Waals surface area (Å²) in [4.78, 5) is 2.56. The number of likely N-dealkylation sites (tertiary alicyclic amines) is 1. The minimum atomic E-state index is 0.283. The predicted molar refractivity (Wildman–Crippen MR) is 87.8 cm³/mol. The predicted octanol–water partition coefficient (Wildman–Crippen LogP) is 2.66. The van der Waals surface area contributed by atoms with Gasteiger partial charge in [0, 0.05) is 48.7 Å². The van der Waals surface area contributed by atoms with Gasteiger partial charge in [0.25, 0.3) is 0 Å². The molecule has 0 radical (unpaired) electrons. The monoisotopic (exact) mass is 283 g/mol. The van der Waals surface area contributed by atoms with Crippen LogP contribution in [0.1, 0.15) is 42.7 Å². The van der Waals surface area contributed by atoms with E-state index in [1.165, 1.54) is 12.1 Å². The third-order valence-electron chi connectivity index (χ3n) is 5.72.